The summed E-state index contributed by atoms with van der Waals surface area (Å²) in [6.45, 7) is 6.17. The number of amides is 1. The van der Waals surface area contributed by atoms with Crippen molar-refractivity contribution in [1.29, 1.82) is 5.26 Å². The molecular weight excluding hydrogens is 362 g/mol. The van der Waals surface area contributed by atoms with Gasteiger partial charge in [0, 0.05) is 36.2 Å². The Labute approximate surface area is 170 Å². The van der Waals surface area contributed by atoms with Gasteiger partial charge in [0.25, 0.3) is 5.91 Å². The Morgan fingerprint density at radius 3 is 2.48 bits per heavy atom. The monoisotopic (exact) mass is 385 g/mol. The first-order chi connectivity index (χ1) is 14.1. The number of aromatic nitrogens is 1. The standard InChI is InChI=1S/C23H23N5O/c1-3-28(4-2)20-11-9-19(10-12-20)26-22-15-17(13-14-25-22)23(29)27-21-8-6-5-7-18(21)16-24/h5-15H,3-4H2,1-2H3,(H,25,26)(H,27,29). The molecule has 0 fully saturated rings. The third-order valence-electron chi connectivity index (χ3n) is 4.59. The van der Waals surface area contributed by atoms with Gasteiger partial charge in [-0.25, -0.2) is 4.98 Å². The Morgan fingerprint density at radius 1 is 1.07 bits per heavy atom. The second-order valence-electron chi connectivity index (χ2n) is 6.39. The zero-order valence-electron chi connectivity index (χ0n) is 16.5. The Morgan fingerprint density at radius 2 is 1.79 bits per heavy atom. The zero-order chi connectivity index (χ0) is 20.6. The molecule has 0 saturated carbocycles. The molecule has 0 aliphatic carbocycles. The lowest BCUT2D eigenvalue weighted by atomic mass is 10.1. The molecular formula is C23H23N5O. The van der Waals surface area contributed by atoms with E-state index in [-0.39, 0.29) is 5.91 Å². The maximum Gasteiger partial charge on any atom is 0.255 e. The summed E-state index contributed by atoms with van der Waals surface area (Å²) < 4.78 is 0. The smallest absolute Gasteiger partial charge is 0.255 e. The van der Waals surface area contributed by atoms with Crippen molar-refractivity contribution in [3.63, 3.8) is 0 Å². The van der Waals surface area contributed by atoms with E-state index in [4.69, 9.17) is 0 Å². The van der Waals surface area contributed by atoms with Gasteiger partial charge in [-0.2, -0.15) is 5.26 Å². The third-order valence-corrected chi connectivity index (χ3v) is 4.59. The van der Waals surface area contributed by atoms with Crippen LogP contribution in [0.5, 0.6) is 0 Å². The summed E-state index contributed by atoms with van der Waals surface area (Å²) in [6, 6.07) is 20.4. The molecule has 0 spiro atoms. The molecule has 1 aromatic heterocycles. The molecule has 2 N–H and O–H groups in total. The second-order valence-corrected chi connectivity index (χ2v) is 6.39. The summed E-state index contributed by atoms with van der Waals surface area (Å²) in [4.78, 5) is 19.2. The average molecular weight is 385 g/mol. The second kappa shape index (κ2) is 9.38. The fraction of sp³-hybridized carbons (Fsp3) is 0.174. The number of pyridine rings is 1. The van der Waals surface area contributed by atoms with Crippen molar-refractivity contribution in [2.45, 2.75) is 13.8 Å². The van der Waals surface area contributed by atoms with Crippen LogP contribution in [0.1, 0.15) is 29.8 Å². The minimum Gasteiger partial charge on any atom is -0.372 e. The number of nitrogens with zero attached hydrogens (tertiary/aromatic N) is 3. The van der Waals surface area contributed by atoms with Crippen LogP contribution >= 0.6 is 0 Å². The van der Waals surface area contributed by atoms with Crippen LogP contribution in [0.25, 0.3) is 0 Å². The van der Waals surface area contributed by atoms with E-state index in [0.29, 0.717) is 22.6 Å². The van der Waals surface area contributed by atoms with Crippen molar-refractivity contribution < 1.29 is 4.79 Å². The normalized spacial score (nSPS) is 10.1. The molecule has 0 saturated heterocycles. The Kier molecular flexibility index (Phi) is 6.43. The first kappa shape index (κ1) is 19.9. The molecule has 6 nitrogen and oxygen atoms in total. The van der Waals surface area contributed by atoms with Gasteiger partial charge in [-0.05, 0) is 62.4 Å². The van der Waals surface area contributed by atoms with E-state index in [1.165, 1.54) is 0 Å². The molecule has 0 aliphatic heterocycles. The van der Waals surface area contributed by atoms with Gasteiger partial charge in [0.1, 0.15) is 11.9 Å². The summed E-state index contributed by atoms with van der Waals surface area (Å²) >= 11 is 0. The first-order valence-electron chi connectivity index (χ1n) is 9.53. The van der Waals surface area contributed by atoms with Gasteiger partial charge in [-0.3, -0.25) is 4.79 Å². The summed E-state index contributed by atoms with van der Waals surface area (Å²) in [5.74, 6) is 0.275. The highest BCUT2D eigenvalue weighted by Crippen LogP contribution is 2.21. The number of rotatable bonds is 7. The molecule has 3 rings (SSSR count). The van der Waals surface area contributed by atoms with Gasteiger partial charge in [0.05, 0.1) is 11.3 Å². The third kappa shape index (κ3) is 4.90. The molecule has 0 aliphatic rings. The van der Waals surface area contributed by atoms with Crippen molar-refractivity contribution >= 4 is 28.8 Å². The van der Waals surface area contributed by atoms with Crippen molar-refractivity contribution in [2.24, 2.45) is 0 Å². The topological polar surface area (TPSA) is 81.0 Å². The van der Waals surface area contributed by atoms with Crippen LogP contribution in [-0.2, 0) is 0 Å². The van der Waals surface area contributed by atoms with E-state index >= 15 is 0 Å². The highest BCUT2D eigenvalue weighted by molar-refractivity contribution is 6.05. The van der Waals surface area contributed by atoms with Crippen LogP contribution in [0.2, 0.25) is 0 Å². The Bertz CT molecular complexity index is 1020. The first-order valence-corrected chi connectivity index (χ1v) is 9.53. The molecule has 146 valence electrons. The number of para-hydroxylation sites is 1. The van der Waals surface area contributed by atoms with E-state index in [9.17, 15) is 10.1 Å². The molecule has 0 unspecified atom stereocenters. The number of hydrogen-bond acceptors (Lipinski definition) is 5. The van der Waals surface area contributed by atoms with Crippen molar-refractivity contribution in [3.05, 3.63) is 78.0 Å². The number of carbonyl (C=O) groups is 1. The van der Waals surface area contributed by atoms with Crippen LogP contribution in [0.3, 0.4) is 0 Å². The molecule has 6 heteroatoms. The fourth-order valence-electron chi connectivity index (χ4n) is 3.02. The van der Waals surface area contributed by atoms with Gasteiger partial charge in [0.2, 0.25) is 0 Å². The van der Waals surface area contributed by atoms with Crippen LogP contribution < -0.4 is 15.5 Å². The van der Waals surface area contributed by atoms with Crippen LogP contribution in [0, 0.1) is 11.3 Å². The number of nitriles is 1. The number of benzene rings is 2. The SMILES string of the molecule is CCN(CC)c1ccc(Nc2cc(C(=O)Nc3ccccc3C#N)ccn2)cc1. The lowest BCUT2D eigenvalue weighted by molar-refractivity contribution is 0.102. The lowest BCUT2D eigenvalue weighted by Crippen LogP contribution is -2.21. The van der Waals surface area contributed by atoms with E-state index < -0.39 is 0 Å². The van der Waals surface area contributed by atoms with E-state index in [1.54, 1.807) is 42.6 Å². The molecule has 0 radical (unpaired) electrons. The predicted octanol–water partition coefficient (Wildman–Crippen LogP) is 4.80. The minimum absolute atomic E-state index is 0.296. The quantitative estimate of drug-likeness (QED) is 0.611. The van der Waals surface area contributed by atoms with Crippen molar-refractivity contribution in [1.82, 2.24) is 4.98 Å². The zero-order valence-corrected chi connectivity index (χ0v) is 16.5. The van der Waals surface area contributed by atoms with Gasteiger partial charge < -0.3 is 15.5 Å². The largest absolute Gasteiger partial charge is 0.372 e. The van der Waals surface area contributed by atoms with Gasteiger partial charge in [0.15, 0.2) is 0 Å². The lowest BCUT2D eigenvalue weighted by Gasteiger charge is -2.21. The molecule has 2 aromatic carbocycles. The highest BCUT2D eigenvalue weighted by Gasteiger charge is 2.10. The van der Waals surface area contributed by atoms with Crippen LogP contribution in [0.4, 0.5) is 22.9 Å². The maximum absolute atomic E-state index is 12.6. The molecule has 29 heavy (non-hydrogen) atoms. The van der Waals surface area contributed by atoms with E-state index in [2.05, 4.69) is 52.6 Å². The number of anilines is 4. The van der Waals surface area contributed by atoms with Gasteiger partial charge in [-0.15, -0.1) is 0 Å². The van der Waals surface area contributed by atoms with E-state index in [0.717, 1.165) is 24.5 Å². The van der Waals surface area contributed by atoms with Crippen molar-refractivity contribution in [2.75, 3.05) is 28.6 Å². The minimum atomic E-state index is -0.296. The molecule has 3 aromatic rings. The van der Waals surface area contributed by atoms with Crippen LogP contribution in [-0.4, -0.2) is 24.0 Å². The number of hydrogen-bond donors (Lipinski definition) is 2. The Hall–Kier alpha value is -3.85. The van der Waals surface area contributed by atoms with Gasteiger partial charge >= 0.3 is 0 Å². The van der Waals surface area contributed by atoms with Gasteiger partial charge in [-0.1, -0.05) is 12.1 Å². The summed E-state index contributed by atoms with van der Waals surface area (Å²) in [5, 5.41) is 15.2. The molecule has 0 atom stereocenters. The average Bonchev–Trinajstić information content (AvgIpc) is 2.76. The molecule has 1 amide bonds. The summed E-state index contributed by atoms with van der Waals surface area (Å²) in [7, 11) is 0. The fourth-order valence-corrected chi connectivity index (χ4v) is 3.02. The maximum atomic E-state index is 12.6. The van der Waals surface area contributed by atoms with Crippen LogP contribution in [0.15, 0.2) is 66.9 Å². The Balaban J connectivity index is 1.72. The van der Waals surface area contributed by atoms with E-state index in [1.807, 2.05) is 12.1 Å². The number of nitrogens with one attached hydrogen (secondary N) is 2. The summed E-state index contributed by atoms with van der Waals surface area (Å²) in [5.41, 5.74) is 3.41. The summed E-state index contributed by atoms with van der Waals surface area (Å²) in [6.07, 6.45) is 1.58. The highest BCUT2D eigenvalue weighted by atomic mass is 16.1. The predicted molar refractivity (Wildman–Crippen MR) is 117 cm³/mol. The molecule has 0 bridgehead atoms. The number of carbonyl (C=O) groups excluding carboxylic acids is 1. The van der Waals surface area contributed by atoms with Crippen molar-refractivity contribution in [3.8, 4) is 6.07 Å². The molecule has 1 heterocycles.